The molecule has 0 aliphatic rings. The van der Waals surface area contributed by atoms with E-state index in [1.54, 1.807) is 50.2 Å². The predicted octanol–water partition coefficient (Wildman–Crippen LogP) is 5.86. The highest BCUT2D eigenvalue weighted by Crippen LogP contribution is 2.26. The maximum Gasteiger partial charge on any atom is 0.341 e. The van der Waals surface area contributed by atoms with Crippen LogP contribution in [0.1, 0.15) is 69.4 Å². The molecule has 0 saturated carbocycles. The molecule has 39 heavy (non-hydrogen) atoms. The lowest BCUT2D eigenvalue weighted by Gasteiger charge is -2.15. The number of nitrogens with zero attached hydrogens (tertiary/aromatic N) is 1. The van der Waals surface area contributed by atoms with Crippen LogP contribution in [0.5, 0.6) is 0 Å². The summed E-state index contributed by atoms with van der Waals surface area (Å²) in [5, 5.41) is 0.375. The lowest BCUT2D eigenvalue weighted by Crippen LogP contribution is -2.22. The Morgan fingerprint density at radius 1 is 0.641 bits per heavy atom. The average molecular weight is 524 g/mol. The lowest BCUT2D eigenvalue weighted by molar-refractivity contribution is 0.0439. The summed E-state index contributed by atoms with van der Waals surface area (Å²) in [6.45, 7) is 7.93. The maximum atomic E-state index is 13.4. The van der Waals surface area contributed by atoms with Crippen molar-refractivity contribution in [2.24, 2.45) is 0 Å². The van der Waals surface area contributed by atoms with Gasteiger partial charge in [0.05, 0.1) is 22.3 Å². The van der Waals surface area contributed by atoms with E-state index >= 15 is 0 Å². The van der Waals surface area contributed by atoms with Gasteiger partial charge in [0.15, 0.2) is 13.2 Å². The molecule has 0 N–H and O–H groups in total. The molecule has 0 spiro atoms. The molecule has 0 saturated heterocycles. The Kier molecular flexibility index (Phi) is 8.00. The zero-order chi connectivity index (χ0) is 28.3. The number of Topliss-reactive ketones (excluding diaryl/α,β-unsaturated/α-hetero) is 2. The predicted molar refractivity (Wildman–Crippen MR) is 148 cm³/mol. The number of fused-ring (bicyclic) bond motifs is 1. The van der Waals surface area contributed by atoms with E-state index < -0.39 is 25.2 Å². The quantitative estimate of drug-likeness (QED) is 0.211. The molecule has 0 atom stereocenters. The van der Waals surface area contributed by atoms with Gasteiger partial charge in [-0.15, -0.1) is 0 Å². The SMILES string of the molecule is Cc1ccc(C)c(C(=O)COC(=O)c2c(C)nc3ccccc3c2C(=O)OCC(=O)c2cc(C)ccc2C)c1. The summed E-state index contributed by atoms with van der Waals surface area (Å²) in [5.74, 6) is -2.46. The number of hydrogen-bond donors (Lipinski definition) is 0. The van der Waals surface area contributed by atoms with Crippen LogP contribution in [0.2, 0.25) is 0 Å². The molecule has 4 aromatic rings. The van der Waals surface area contributed by atoms with Crippen LogP contribution in [0.3, 0.4) is 0 Å². The van der Waals surface area contributed by atoms with Gasteiger partial charge in [-0.2, -0.15) is 0 Å². The fourth-order valence-corrected chi connectivity index (χ4v) is 4.43. The number of benzene rings is 3. The lowest BCUT2D eigenvalue weighted by atomic mass is 10.00. The molecule has 7 nitrogen and oxygen atoms in total. The van der Waals surface area contributed by atoms with Gasteiger partial charge < -0.3 is 9.47 Å². The van der Waals surface area contributed by atoms with Crippen molar-refractivity contribution in [1.82, 2.24) is 4.98 Å². The standard InChI is InChI=1S/C32H29NO6/c1-18-10-12-20(3)24(14-18)27(34)16-38-31(36)29-22(5)33-26-9-7-6-8-23(26)30(29)32(37)39-17-28(35)25-15-19(2)11-13-21(25)4/h6-15H,16-17H2,1-5H3. The van der Waals surface area contributed by atoms with Crippen molar-refractivity contribution in [2.45, 2.75) is 34.6 Å². The Morgan fingerprint density at radius 3 is 1.67 bits per heavy atom. The van der Waals surface area contributed by atoms with Gasteiger partial charge in [0, 0.05) is 16.5 Å². The molecule has 1 heterocycles. The number of ketones is 2. The van der Waals surface area contributed by atoms with Crippen molar-refractivity contribution in [3.63, 3.8) is 0 Å². The van der Waals surface area contributed by atoms with E-state index in [9.17, 15) is 19.2 Å². The van der Waals surface area contributed by atoms with E-state index in [2.05, 4.69) is 4.98 Å². The number of pyridine rings is 1. The first kappa shape index (κ1) is 27.4. The van der Waals surface area contributed by atoms with Gasteiger partial charge >= 0.3 is 11.9 Å². The summed E-state index contributed by atoms with van der Waals surface area (Å²) in [6.07, 6.45) is 0. The summed E-state index contributed by atoms with van der Waals surface area (Å²) in [6, 6.07) is 17.7. The summed E-state index contributed by atoms with van der Waals surface area (Å²) in [7, 11) is 0. The Hall–Kier alpha value is -4.65. The van der Waals surface area contributed by atoms with Gasteiger partial charge in [0.25, 0.3) is 0 Å². The van der Waals surface area contributed by atoms with E-state index in [0.29, 0.717) is 22.0 Å². The van der Waals surface area contributed by atoms with Crippen LogP contribution in [0, 0.1) is 34.6 Å². The Bertz CT molecular complexity index is 1640. The van der Waals surface area contributed by atoms with Gasteiger partial charge in [-0.05, 0) is 63.9 Å². The van der Waals surface area contributed by atoms with Crippen molar-refractivity contribution in [3.8, 4) is 0 Å². The van der Waals surface area contributed by atoms with E-state index in [1.165, 1.54) is 0 Å². The van der Waals surface area contributed by atoms with E-state index in [4.69, 9.17) is 9.47 Å². The third kappa shape index (κ3) is 5.93. The number of aryl methyl sites for hydroxylation is 5. The number of ether oxygens (including phenoxy) is 2. The Balaban J connectivity index is 1.62. The first-order valence-electron chi connectivity index (χ1n) is 12.5. The minimum atomic E-state index is -0.878. The topological polar surface area (TPSA) is 99.6 Å². The molecule has 198 valence electrons. The highest BCUT2D eigenvalue weighted by molar-refractivity contribution is 6.13. The van der Waals surface area contributed by atoms with Crippen molar-refractivity contribution in [1.29, 1.82) is 0 Å². The molecule has 3 aromatic carbocycles. The van der Waals surface area contributed by atoms with Gasteiger partial charge in [-0.3, -0.25) is 14.6 Å². The third-order valence-electron chi connectivity index (χ3n) is 6.54. The molecule has 0 fully saturated rings. The first-order chi connectivity index (χ1) is 18.6. The largest absolute Gasteiger partial charge is 0.454 e. The summed E-state index contributed by atoms with van der Waals surface area (Å²) in [5.41, 5.74) is 4.83. The molecule has 0 unspecified atom stereocenters. The van der Waals surface area contributed by atoms with E-state index in [-0.39, 0.29) is 28.4 Å². The molecule has 4 rings (SSSR count). The molecule has 0 aliphatic carbocycles. The number of rotatable bonds is 8. The molecule has 0 amide bonds. The Labute approximate surface area is 226 Å². The van der Waals surface area contributed by atoms with Gasteiger partial charge in [-0.1, -0.05) is 53.6 Å². The summed E-state index contributed by atoms with van der Waals surface area (Å²) >= 11 is 0. The molecular weight excluding hydrogens is 494 g/mol. The van der Waals surface area contributed by atoms with Crippen molar-refractivity contribution >= 4 is 34.4 Å². The number of carbonyl (C=O) groups excluding carboxylic acids is 4. The monoisotopic (exact) mass is 523 g/mol. The molecule has 7 heteroatoms. The minimum absolute atomic E-state index is 0.0592. The average Bonchev–Trinajstić information content (AvgIpc) is 2.91. The third-order valence-corrected chi connectivity index (χ3v) is 6.54. The molecule has 0 bridgehead atoms. The van der Waals surface area contributed by atoms with Crippen LogP contribution < -0.4 is 0 Å². The highest BCUT2D eigenvalue weighted by atomic mass is 16.5. The van der Waals surface area contributed by atoms with Gasteiger partial charge in [0.1, 0.15) is 0 Å². The summed E-state index contributed by atoms with van der Waals surface area (Å²) < 4.78 is 10.8. The van der Waals surface area contributed by atoms with Crippen LogP contribution in [-0.2, 0) is 9.47 Å². The van der Waals surface area contributed by atoms with Crippen LogP contribution in [0.15, 0.2) is 60.7 Å². The second-order valence-corrected chi connectivity index (χ2v) is 9.60. The maximum absolute atomic E-state index is 13.4. The normalized spacial score (nSPS) is 10.8. The van der Waals surface area contributed by atoms with Crippen LogP contribution in [0.25, 0.3) is 10.9 Å². The van der Waals surface area contributed by atoms with Crippen molar-refractivity contribution in [3.05, 3.63) is 111 Å². The first-order valence-corrected chi connectivity index (χ1v) is 12.5. The molecular formula is C32H29NO6. The fraction of sp³-hybridized carbons (Fsp3) is 0.219. The fourth-order valence-electron chi connectivity index (χ4n) is 4.43. The smallest absolute Gasteiger partial charge is 0.341 e. The van der Waals surface area contributed by atoms with E-state index in [0.717, 1.165) is 22.3 Å². The number of para-hydroxylation sites is 1. The Morgan fingerprint density at radius 2 is 1.13 bits per heavy atom. The summed E-state index contributed by atoms with van der Waals surface area (Å²) in [4.78, 5) is 56.8. The zero-order valence-electron chi connectivity index (χ0n) is 22.6. The van der Waals surface area contributed by atoms with Crippen LogP contribution in [0.4, 0.5) is 0 Å². The zero-order valence-corrected chi connectivity index (χ0v) is 22.6. The van der Waals surface area contributed by atoms with Gasteiger partial charge in [0.2, 0.25) is 11.6 Å². The number of esters is 2. The minimum Gasteiger partial charge on any atom is -0.454 e. The number of carbonyl (C=O) groups is 4. The molecule has 0 radical (unpaired) electrons. The molecule has 0 aliphatic heterocycles. The van der Waals surface area contributed by atoms with Crippen LogP contribution >= 0.6 is 0 Å². The van der Waals surface area contributed by atoms with Crippen molar-refractivity contribution in [2.75, 3.05) is 13.2 Å². The molecule has 1 aromatic heterocycles. The second kappa shape index (κ2) is 11.4. The second-order valence-electron chi connectivity index (χ2n) is 9.60. The number of aromatic nitrogens is 1. The van der Waals surface area contributed by atoms with Crippen LogP contribution in [-0.4, -0.2) is 41.7 Å². The number of hydrogen-bond acceptors (Lipinski definition) is 7. The highest BCUT2D eigenvalue weighted by Gasteiger charge is 2.27. The van der Waals surface area contributed by atoms with Gasteiger partial charge in [-0.25, -0.2) is 9.59 Å². The van der Waals surface area contributed by atoms with Crippen molar-refractivity contribution < 1.29 is 28.7 Å². The van der Waals surface area contributed by atoms with E-state index in [1.807, 2.05) is 45.0 Å².